The van der Waals surface area contributed by atoms with Crippen LogP contribution in [0.15, 0.2) is 42.5 Å². The molecule has 0 aliphatic rings. The normalized spacial score (nSPS) is 10.5. The lowest BCUT2D eigenvalue weighted by atomic mass is 10.2. The molecule has 0 radical (unpaired) electrons. The highest BCUT2D eigenvalue weighted by Gasteiger charge is 2.04. The molecule has 19 heavy (non-hydrogen) atoms. The summed E-state index contributed by atoms with van der Waals surface area (Å²) in [6, 6.07) is 11.8. The first-order valence-corrected chi connectivity index (χ1v) is 6.37. The first-order valence-electron chi connectivity index (χ1n) is 5.99. The second-order valence-electron chi connectivity index (χ2n) is 4.20. The molecule has 0 spiro atoms. The highest BCUT2D eigenvalue weighted by atomic mass is 35.5. The predicted molar refractivity (Wildman–Crippen MR) is 74.9 cm³/mol. The molecular weight excluding hydrogens is 265 g/mol. The van der Waals surface area contributed by atoms with Gasteiger partial charge in [0.1, 0.15) is 18.2 Å². The van der Waals surface area contributed by atoms with Gasteiger partial charge in [-0.2, -0.15) is 0 Å². The minimum atomic E-state index is -0.244. The summed E-state index contributed by atoms with van der Waals surface area (Å²) in [5.41, 5.74) is 1.92. The second kappa shape index (κ2) is 6.55. The molecular formula is C15H15ClFNO. The molecule has 0 aromatic heterocycles. The fraction of sp³-hybridized carbons (Fsp3) is 0.200. The summed E-state index contributed by atoms with van der Waals surface area (Å²) in [5, 5.41) is 3.75. The van der Waals surface area contributed by atoms with Crippen LogP contribution >= 0.6 is 11.6 Å². The van der Waals surface area contributed by atoms with E-state index in [1.54, 1.807) is 18.2 Å². The molecule has 2 aromatic rings. The smallest absolute Gasteiger partial charge is 0.124 e. The van der Waals surface area contributed by atoms with Gasteiger partial charge in [-0.1, -0.05) is 23.7 Å². The molecule has 2 rings (SSSR count). The van der Waals surface area contributed by atoms with Crippen molar-refractivity contribution in [3.8, 4) is 5.75 Å². The maximum Gasteiger partial charge on any atom is 0.124 e. The van der Waals surface area contributed by atoms with E-state index in [1.807, 2.05) is 19.2 Å². The molecule has 1 N–H and O–H groups in total. The van der Waals surface area contributed by atoms with Crippen molar-refractivity contribution in [2.75, 3.05) is 7.05 Å². The minimum Gasteiger partial charge on any atom is -0.489 e. The average Bonchev–Trinajstić information content (AvgIpc) is 2.40. The van der Waals surface area contributed by atoms with E-state index in [0.717, 1.165) is 16.9 Å². The Morgan fingerprint density at radius 2 is 1.89 bits per heavy atom. The first-order chi connectivity index (χ1) is 9.19. The molecule has 4 heteroatoms. The topological polar surface area (TPSA) is 21.3 Å². The summed E-state index contributed by atoms with van der Waals surface area (Å²) in [4.78, 5) is 0. The third kappa shape index (κ3) is 3.94. The van der Waals surface area contributed by atoms with Gasteiger partial charge < -0.3 is 10.1 Å². The van der Waals surface area contributed by atoms with Crippen molar-refractivity contribution < 1.29 is 9.13 Å². The first kappa shape index (κ1) is 13.8. The summed E-state index contributed by atoms with van der Waals surface area (Å²) in [6.07, 6.45) is 0. The molecule has 0 aliphatic carbocycles. The standard InChI is InChI=1S/C15H15ClFNO/c1-18-9-12-8-13(16)4-7-15(12)19-10-11-2-5-14(17)6-3-11/h2-8,18H,9-10H2,1H3. The van der Waals surface area contributed by atoms with Crippen LogP contribution in [0.4, 0.5) is 4.39 Å². The molecule has 2 aromatic carbocycles. The number of benzene rings is 2. The molecule has 0 fully saturated rings. The molecule has 0 saturated carbocycles. The number of hydrogen-bond donors (Lipinski definition) is 1. The Bertz CT molecular complexity index is 542. The quantitative estimate of drug-likeness (QED) is 0.899. The van der Waals surface area contributed by atoms with Gasteiger partial charge in [-0.3, -0.25) is 0 Å². The van der Waals surface area contributed by atoms with Crippen LogP contribution in [0.5, 0.6) is 5.75 Å². The van der Waals surface area contributed by atoms with Gasteiger partial charge >= 0.3 is 0 Å². The van der Waals surface area contributed by atoms with Crippen LogP contribution in [0.3, 0.4) is 0 Å². The highest BCUT2D eigenvalue weighted by molar-refractivity contribution is 6.30. The number of rotatable bonds is 5. The molecule has 0 saturated heterocycles. The van der Waals surface area contributed by atoms with Gasteiger partial charge in [0.05, 0.1) is 0 Å². The number of nitrogens with one attached hydrogen (secondary N) is 1. The van der Waals surface area contributed by atoms with Crippen LogP contribution in [-0.4, -0.2) is 7.05 Å². The van der Waals surface area contributed by atoms with Gasteiger partial charge in [-0.25, -0.2) is 4.39 Å². The van der Waals surface area contributed by atoms with Crippen LogP contribution in [0.2, 0.25) is 5.02 Å². The van der Waals surface area contributed by atoms with Crippen LogP contribution in [-0.2, 0) is 13.2 Å². The van der Waals surface area contributed by atoms with Crippen LogP contribution in [0, 0.1) is 5.82 Å². The Hall–Kier alpha value is -1.58. The van der Waals surface area contributed by atoms with E-state index in [2.05, 4.69) is 5.32 Å². The third-order valence-corrected chi connectivity index (χ3v) is 2.93. The van der Waals surface area contributed by atoms with E-state index in [1.165, 1.54) is 12.1 Å². The number of hydrogen-bond acceptors (Lipinski definition) is 2. The molecule has 0 unspecified atom stereocenters. The molecule has 100 valence electrons. The van der Waals surface area contributed by atoms with Crippen molar-refractivity contribution in [2.45, 2.75) is 13.2 Å². The van der Waals surface area contributed by atoms with Crippen molar-refractivity contribution >= 4 is 11.6 Å². The average molecular weight is 280 g/mol. The fourth-order valence-electron chi connectivity index (χ4n) is 1.76. The van der Waals surface area contributed by atoms with Gasteiger partial charge in [0.25, 0.3) is 0 Å². The van der Waals surface area contributed by atoms with Crippen LogP contribution in [0.1, 0.15) is 11.1 Å². The van der Waals surface area contributed by atoms with Gasteiger partial charge in [-0.15, -0.1) is 0 Å². The Morgan fingerprint density at radius 3 is 2.58 bits per heavy atom. The predicted octanol–water partition coefficient (Wildman–Crippen LogP) is 3.78. The Balaban J connectivity index is 2.08. The maximum atomic E-state index is 12.8. The summed E-state index contributed by atoms with van der Waals surface area (Å²) in [7, 11) is 1.87. The monoisotopic (exact) mass is 279 g/mol. The van der Waals surface area contributed by atoms with E-state index < -0.39 is 0 Å². The lowest BCUT2D eigenvalue weighted by Gasteiger charge is -2.12. The summed E-state index contributed by atoms with van der Waals surface area (Å²) in [5.74, 6) is 0.536. The van der Waals surface area contributed by atoms with Crippen LogP contribution < -0.4 is 10.1 Å². The Morgan fingerprint density at radius 1 is 1.16 bits per heavy atom. The summed E-state index contributed by atoms with van der Waals surface area (Å²) in [6.45, 7) is 1.08. The Kier molecular flexibility index (Phi) is 4.77. The zero-order valence-corrected chi connectivity index (χ0v) is 11.4. The second-order valence-corrected chi connectivity index (χ2v) is 4.63. The lowest BCUT2D eigenvalue weighted by Crippen LogP contribution is -2.07. The van der Waals surface area contributed by atoms with Crippen LogP contribution in [0.25, 0.3) is 0 Å². The number of ether oxygens (including phenoxy) is 1. The fourth-order valence-corrected chi connectivity index (χ4v) is 1.95. The molecule has 0 amide bonds. The van der Waals surface area contributed by atoms with E-state index in [-0.39, 0.29) is 5.82 Å². The van der Waals surface area contributed by atoms with E-state index in [9.17, 15) is 4.39 Å². The Labute approximate surface area is 117 Å². The van der Waals surface area contributed by atoms with Crippen molar-refractivity contribution in [1.82, 2.24) is 5.32 Å². The third-order valence-electron chi connectivity index (χ3n) is 2.70. The van der Waals surface area contributed by atoms with Gasteiger partial charge in [0.2, 0.25) is 0 Å². The zero-order valence-electron chi connectivity index (χ0n) is 10.6. The SMILES string of the molecule is CNCc1cc(Cl)ccc1OCc1ccc(F)cc1. The molecule has 0 heterocycles. The highest BCUT2D eigenvalue weighted by Crippen LogP contribution is 2.23. The molecule has 0 atom stereocenters. The largest absolute Gasteiger partial charge is 0.489 e. The van der Waals surface area contributed by atoms with Gasteiger partial charge in [0, 0.05) is 17.1 Å². The van der Waals surface area contributed by atoms with Crippen molar-refractivity contribution in [3.63, 3.8) is 0 Å². The minimum absolute atomic E-state index is 0.244. The van der Waals surface area contributed by atoms with Gasteiger partial charge in [0.15, 0.2) is 0 Å². The summed E-state index contributed by atoms with van der Waals surface area (Å²) < 4.78 is 18.5. The van der Waals surface area contributed by atoms with Crippen molar-refractivity contribution in [3.05, 3.63) is 64.4 Å². The van der Waals surface area contributed by atoms with E-state index >= 15 is 0 Å². The van der Waals surface area contributed by atoms with E-state index in [4.69, 9.17) is 16.3 Å². The maximum absolute atomic E-state index is 12.8. The molecule has 0 bridgehead atoms. The summed E-state index contributed by atoms with van der Waals surface area (Å²) >= 11 is 5.96. The zero-order chi connectivity index (χ0) is 13.7. The van der Waals surface area contributed by atoms with E-state index in [0.29, 0.717) is 18.2 Å². The molecule has 0 aliphatic heterocycles. The van der Waals surface area contributed by atoms with Crippen molar-refractivity contribution in [1.29, 1.82) is 0 Å². The van der Waals surface area contributed by atoms with Gasteiger partial charge in [-0.05, 0) is 42.9 Å². The molecule has 2 nitrogen and oxygen atoms in total. The number of halogens is 2. The lowest BCUT2D eigenvalue weighted by molar-refractivity contribution is 0.302. The van der Waals surface area contributed by atoms with Crippen molar-refractivity contribution in [2.24, 2.45) is 0 Å².